The molecule has 0 amide bonds. The first-order chi connectivity index (χ1) is 9.36. The number of rotatable bonds is 3. The molecular formula is C13H18O7. The van der Waals surface area contributed by atoms with E-state index in [0.717, 1.165) is 0 Å². The first-order valence-electron chi connectivity index (χ1n) is 6.11. The van der Waals surface area contributed by atoms with Crippen LogP contribution in [0.5, 0.6) is 0 Å². The Morgan fingerprint density at radius 1 is 1.20 bits per heavy atom. The number of ether oxygens (including phenoxy) is 3. The number of hydrogen-bond donors (Lipinski definition) is 2. The van der Waals surface area contributed by atoms with Crippen LogP contribution in [0.4, 0.5) is 0 Å². The molecule has 0 radical (unpaired) electrons. The third-order valence-electron chi connectivity index (χ3n) is 2.72. The van der Waals surface area contributed by atoms with E-state index in [0.29, 0.717) is 0 Å². The van der Waals surface area contributed by atoms with Crippen LogP contribution in [-0.2, 0) is 23.8 Å². The van der Waals surface area contributed by atoms with Crippen LogP contribution in [0.1, 0.15) is 20.8 Å². The minimum atomic E-state index is -1.38. The number of hydrogen-bond acceptors (Lipinski definition) is 7. The lowest BCUT2D eigenvalue weighted by Gasteiger charge is -2.40. The van der Waals surface area contributed by atoms with Crippen molar-refractivity contribution < 1.29 is 34.0 Å². The second-order valence-electron chi connectivity index (χ2n) is 4.35. The number of aliphatic hydroxyl groups excluding tert-OH is 2. The summed E-state index contributed by atoms with van der Waals surface area (Å²) in [6, 6.07) is 0. The van der Waals surface area contributed by atoms with Gasteiger partial charge >= 0.3 is 11.9 Å². The Labute approximate surface area is 116 Å². The Balaban J connectivity index is 2.88. The lowest BCUT2D eigenvalue weighted by Crippen LogP contribution is -2.59. The van der Waals surface area contributed by atoms with Crippen molar-refractivity contribution >= 4 is 11.9 Å². The predicted octanol–water partition coefficient (Wildman–Crippen LogP) is -1.01. The van der Waals surface area contributed by atoms with E-state index in [1.807, 2.05) is 0 Å². The van der Waals surface area contributed by atoms with Gasteiger partial charge in [-0.3, -0.25) is 9.59 Å². The van der Waals surface area contributed by atoms with Crippen LogP contribution in [0.25, 0.3) is 0 Å². The highest BCUT2D eigenvalue weighted by molar-refractivity contribution is 5.66. The maximum Gasteiger partial charge on any atom is 0.303 e. The Hall–Kier alpha value is -1.62. The molecule has 7 nitrogen and oxygen atoms in total. The summed E-state index contributed by atoms with van der Waals surface area (Å²) in [7, 11) is 0. The Morgan fingerprint density at radius 3 is 2.35 bits per heavy atom. The third kappa shape index (κ3) is 4.20. The normalized spacial score (nSPS) is 32.8. The van der Waals surface area contributed by atoms with Crippen molar-refractivity contribution in [2.75, 3.05) is 6.61 Å². The Kier molecular flexibility index (Phi) is 5.95. The monoisotopic (exact) mass is 286 g/mol. The molecule has 1 heterocycles. The summed E-state index contributed by atoms with van der Waals surface area (Å²) < 4.78 is 15.2. The first-order valence-corrected chi connectivity index (χ1v) is 6.11. The molecule has 0 aromatic heterocycles. The summed E-state index contributed by atoms with van der Waals surface area (Å²) in [6.45, 7) is 3.73. The summed E-state index contributed by atoms with van der Waals surface area (Å²) in [5.41, 5.74) is 0. The predicted molar refractivity (Wildman–Crippen MR) is 66.3 cm³/mol. The van der Waals surface area contributed by atoms with Gasteiger partial charge in [-0.2, -0.15) is 0 Å². The molecule has 1 saturated heterocycles. The standard InChI is InChI=1S/C13H18O7/c1-4-5-9-11(16)12(17)13(19-8(3)15)10(20-9)6-18-7(2)14/h9-13,16-17H,6H2,1-3H3/t9-,10-,11-,12-,13-/m1/s1. The summed E-state index contributed by atoms with van der Waals surface area (Å²) in [5.74, 6) is 3.99. The molecule has 0 aliphatic carbocycles. The van der Waals surface area contributed by atoms with E-state index in [1.54, 1.807) is 6.92 Å². The van der Waals surface area contributed by atoms with Crippen LogP contribution in [-0.4, -0.2) is 59.3 Å². The molecule has 1 aliphatic heterocycles. The summed E-state index contributed by atoms with van der Waals surface area (Å²) in [6.07, 6.45) is -5.66. The fraction of sp³-hybridized carbons (Fsp3) is 0.692. The van der Waals surface area contributed by atoms with E-state index in [1.165, 1.54) is 13.8 Å². The highest BCUT2D eigenvalue weighted by atomic mass is 16.6. The molecule has 0 saturated carbocycles. The average Bonchev–Trinajstić information content (AvgIpc) is 2.36. The maximum atomic E-state index is 11.0. The van der Waals surface area contributed by atoms with E-state index >= 15 is 0 Å². The molecule has 112 valence electrons. The van der Waals surface area contributed by atoms with Crippen LogP contribution < -0.4 is 0 Å². The minimum Gasteiger partial charge on any atom is -0.463 e. The van der Waals surface area contributed by atoms with Gasteiger partial charge in [0.2, 0.25) is 0 Å². The second-order valence-corrected chi connectivity index (χ2v) is 4.35. The van der Waals surface area contributed by atoms with Crippen LogP contribution in [0.3, 0.4) is 0 Å². The van der Waals surface area contributed by atoms with Crippen molar-refractivity contribution in [2.24, 2.45) is 0 Å². The van der Waals surface area contributed by atoms with Gasteiger partial charge in [-0.1, -0.05) is 5.92 Å². The van der Waals surface area contributed by atoms with Gasteiger partial charge in [0, 0.05) is 13.8 Å². The molecule has 20 heavy (non-hydrogen) atoms. The van der Waals surface area contributed by atoms with Crippen molar-refractivity contribution in [3.05, 3.63) is 0 Å². The largest absolute Gasteiger partial charge is 0.463 e. The number of aliphatic hydroxyl groups is 2. The zero-order valence-corrected chi connectivity index (χ0v) is 11.5. The second kappa shape index (κ2) is 7.24. The fourth-order valence-electron chi connectivity index (χ4n) is 1.87. The highest BCUT2D eigenvalue weighted by Crippen LogP contribution is 2.24. The Bertz CT molecular complexity index is 422. The van der Waals surface area contributed by atoms with Crippen molar-refractivity contribution in [2.45, 2.75) is 51.3 Å². The maximum absolute atomic E-state index is 11.0. The fourth-order valence-corrected chi connectivity index (χ4v) is 1.87. The highest BCUT2D eigenvalue weighted by Gasteiger charge is 2.46. The van der Waals surface area contributed by atoms with E-state index < -0.39 is 42.5 Å². The van der Waals surface area contributed by atoms with Crippen LogP contribution in [0.2, 0.25) is 0 Å². The first kappa shape index (κ1) is 16.4. The summed E-state index contributed by atoms with van der Waals surface area (Å²) in [5, 5.41) is 19.9. The van der Waals surface area contributed by atoms with E-state index in [9.17, 15) is 19.8 Å². The number of carbonyl (C=O) groups is 2. The molecule has 2 N–H and O–H groups in total. The molecule has 0 unspecified atom stereocenters. The Morgan fingerprint density at radius 2 is 1.85 bits per heavy atom. The molecule has 0 aromatic rings. The average molecular weight is 286 g/mol. The lowest BCUT2D eigenvalue weighted by atomic mass is 9.95. The topological polar surface area (TPSA) is 102 Å². The van der Waals surface area contributed by atoms with E-state index in [2.05, 4.69) is 11.8 Å². The summed E-state index contributed by atoms with van der Waals surface area (Å²) in [4.78, 5) is 21.9. The third-order valence-corrected chi connectivity index (χ3v) is 2.72. The molecule has 1 rings (SSSR count). The molecule has 5 atom stereocenters. The zero-order valence-electron chi connectivity index (χ0n) is 11.5. The molecule has 7 heteroatoms. The quantitative estimate of drug-likeness (QED) is 0.506. The van der Waals surface area contributed by atoms with Gasteiger partial charge in [0.05, 0.1) is 0 Å². The van der Waals surface area contributed by atoms with Gasteiger partial charge in [0.15, 0.2) is 6.10 Å². The zero-order chi connectivity index (χ0) is 15.3. The van der Waals surface area contributed by atoms with Crippen molar-refractivity contribution in [3.63, 3.8) is 0 Å². The van der Waals surface area contributed by atoms with E-state index in [4.69, 9.17) is 14.2 Å². The van der Waals surface area contributed by atoms with Crippen LogP contribution in [0, 0.1) is 11.8 Å². The summed E-state index contributed by atoms with van der Waals surface area (Å²) >= 11 is 0. The van der Waals surface area contributed by atoms with Gasteiger partial charge < -0.3 is 24.4 Å². The van der Waals surface area contributed by atoms with Gasteiger partial charge in [-0.25, -0.2) is 0 Å². The van der Waals surface area contributed by atoms with Crippen molar-refractivity contribution in [3.8, 4) is 11.8 Å². The smallest absolute Gasteiger partial charge is 0.303 e. The molecule has 1 aliphatic rings. The van der Waals surface area contributed by atoms with Crippen molar-refractivity contribution in [1.29, 1.82) is 0 Å². The number of carbonyl (C=O) groups excluding carboxylic acids is 2. The van der Waals surface area contributed by atoms with Gasteiger partial charge in [-0.05, 0) is 6.92 Å². The SMILES string of the molecule is CC#C[C@H]1O[C@H](COC(C)=O)[C@@H](OC(C)=O)[C@H](O)[C@@H]1O. The van der Waals surface area contributed by atoms with Gasteiger partial charge in [-0.15, -0.1) is 5.92 Å². The molecule has 0 spiro atoms. The van der Waals surface area contributed by atoms with Crippen LogP contribution in [0.15, 0.2) is 0 Å². The molecular weight excluding hydrogens is 268 g/mol. The minimum absolute atomic E-state index is 0.209. The van der Waals surface area contributed by atoms with Gasteiger partial charge in [0.25, 0.3) is 0 Å². The molecule has 0 bridgehead atoms. The molecule has 1 fully saturated rings. The van der Waals surface area contributed by atoms with Crippen molar-refractivity contribution in [1.82, 2.24) is 0 Å². The lowest BCUT2D eigenvalue weighted by molar-refractivity contribution is -0.228. The van der Waals surface area contributed by atoms with E-state index in [-0.39, 0.29) is 6.61 Å². The molecule has 0 aromatic carbocycles. The number of esters is 2. The van der Waals surface area contributed by atoms with Gasteiger partial charge in [0.1, 0.15) is 31.0 Å². The van der Waals surface area contributed by atoms with Crippen LogP contribution >= 0.6 is 0 Å².